The highest BCUT2D eigenvalue weighted by atomic mass is 15.3. The summed E-state index contributed by atoms with van der Waals surface area (Å²) in [5, 5.41) is 8.51. The number of aromatic nitrogens is 2. The average molecular weight is 261 g/mol. The molecule has 0 aliphatic heterocycles. The van der Waals surface area contributed by atoms with E-state index in [1.807, 2.05) is 0 Å². The van der Waals surface area contributed by atoms with Crippen molar-refractivity contribution in [1.82, 2.24) is 15.1 Å². The second-order valence-corrected chi connectivity index (χ2v) is 6.73. The lowest BCUT2D eigenvalue weighted by Gasteiger charge is -2.42. The smallest absolute Gasteiger partial charge is 0.0630 e. The molecule has 3 nitrogen and oxygen atoms in total. The van der Waals surface area contributed by atoms with Gasteiger partial charge in [-0.3, -0.25) is 4.68 Å². The van der Waals surface area contributed by atoms with Crippen LogP contribution < -0.4 is 5.32 Å². The Kier molecular flexibility index (Phi) is 3.66. The van der Waals surface area contributed by atoms with Gasteiger partial charge in [0.25, 0.3) is 0 Å². The molecule has 3 heteroatoms. The van der Waals surface area contributed by atoms with Gasteiger partial charge in [0, 0.05) is 24.8 Å². The van der Waals surface area contributed by atoms with Crippen molar-refractivity contribution in [1.29, 1.82) is 0 Å². The van der Waals surface area contributed by atoms with Crippen LogP contribution in [0, 0.1) is 5.41 Å². The predicted molar refractivity (Wildman–Crippen MR) is 78.2 cm³/mol. The zero-order valence-corrected chi connectivity index (χ0v) is 12.4. The summed E-state index contributed by atoms with van der Waals surface area (Å²) in [6.07, 6.45) is 11.4. The van der Waals surface area contributed by atoms with Gasteiger partial charge in [-0.05, 0) is 56.9 Å². The molecule has 1 atom stereocenters. The fourth-order valence-electron chi connectivity index (χ4n) is 3.03. The van der Waals surface area contributed by atoms with E-state index in [4.69, 9.17) is 5.10 Å². The van der Waals surface area contributed by atoms with E-state index in [1.165, 1.54) is 44.3 Å². The van der Waals surface area contributed by atoms with Crippen LogP contribution in [0.1, 0.15) is 64.1 Å². The van der Waals surface area contributed by atoms with Gasteiger partial charge in [0.15, 0.2) is 0 Å². The van der Waals surface area contributed by atoms with Crippen LogP contribution in [0.4, 0.5) is 0 Å². The Bertz CT molecular complexity index is 415. The molecule has 106 valence electrons. The van der Waals surface area contributed by atoms with Crippen LogP contribution >= 0.6 is 0 Å². The normalized spacial score (nSPS) is 23.1. The van der Waals surface area contributed by atoms with E-state index in [-0.39, 0.29) is 0 Å². The first-order valence-electron chi connectivity index (χ1n) is 7.98. The van der Waals surface area contributed by atoms with E-state index in [2.05, 4.69) is 36.1 Å². The lowest BCUT2D eigenvalue weighted by Crippen LogP contribution is -2.42. The molecule has 2 saturated carbocycles. The highest BCUT2D eigenvalue weighted by Gasteiger charge is 2.38. The molecule has 0 radical (unpaired) electrons. The Hall–Kier alpha value is -0.830. The molecular weight excluding hydrogens is 234 g/mol. The minimum atomic E-state index is 0.511. The molecule has 1 unspecified atom stereocenters. The SMILES string of the molecule is CCC(C)n1ccc(CC2(CNC3CC3)CCC2)n1. The largest absolute Gasteiger partial charge is 0.313 e. The third kappa shape index (κ3) is 3.02. The third-order valence-electron chi connectivity index (χ3n) is 5.02. The van der Waals surface area contributed by atoms with Gasteiger partial charge in [0.2, 0.25) is 0 Å². The maximum Gasteiger partial charge on any atom is 0.0630 e. The minimum absolute atomic E-state index is 0.511. The van der Waals surface area contributed by atoms with E-state index >= 15 is 0 Å². The summed E-state index contributed by atoms with van der Waals surface area (Å²) in [7, 11) is 0. The standard InChI is InChI=1S/C16H27N3/c1-3-13(2)19-10-7-15(18-19)11-16(8-4-9-16)12-17-14-5-6-14/h7,10,13-14,17H,3-6,8-9,11-12H2,1-2H3. The van der Waals surface area contributed by atoms with Gasteiger partial charge in [-0.15, -0.1) is 0 Å². The molecule has 0 saturated heterocycles. The summed E-state index contributed by atoms with van der Waals surface area (Å²) < 4.78 is 2.13. The highest BCUT2D eigenvalue weighted by molar-refractivity contribution is 5.07. The average Bonchev–Trinajstić information content (AvgIpc) is 3.09. The molecule has 0 amide bonds. The highest BCUT2D eigenvalue weighted by Crippen LogP contribution is 2.43. The molecule has 2 fully saturated rings. The molecule has 1 aromatic rings. The third-order valence-corrected chi connectivity index (χ3v) is 5.02. The summed E-state index contributed by atoms with van der Waals surface area (Å²) >= 11 is 0. The van der Waals surface area contributed by atoms with Crippen molar-refractivity contribution in [2.24, 2.45) is 5.41 Å². The van der Waals surface area contributed by atoms with Crippen LogP contribution in [0.3, 0.4) is 0 Å². The van der Waals surface area contributed by atoms with Gasteiger partial charge >= 0.3 is 0 Å². The summed E-state index contributed by atoms with van der Waals surface area (Å²) in [5.41, 5.74) is 1.80. The first-order chi connectivity index (χ1) is 9.21. The first kappa shape index (κ1) is 13.2. The molecule has 0 spiro atoms. The van der Waals surface area contributed by atoms with Crippen LogP contribution in [0.2, 0.25) is 0 Å². The predicted octanol–water partition coefficient (Wildman–Crippen LogP) is 3.32. The summed E-state index contributed by atoms with van der Waals surface area (Å²) in [5.74, 6) is 0. The molecule has 0 aromatic carbocycles. The van der Waals surface area contributed by atoms with E-state index in [0.717, 1.165) is 18.9 Å². The van der Waals surface area contributed by atoms with Crippen LogP contribution in [-0.4, -0.2) is 22.4 Å². The Balaban J connectivity index is 1.60. The van der Waals surface area contributed by atoms with E-state index < -0.39 is 0 Å². The van der Waals surface area contributed by atoms with Crippen molar-refractivity contribution in [2.75, 3.05) is 6.54 Å². The van der Waals surface area contributed by atoms with E-state index in [0.29, 0.717) is 11.5 Å². The van der Waals surface area contributed by atoms with Crippen LogP contribution in [0.5, 0.6) is 0 Å². The molecule has 19 heavy (non-hydrogen) atoms. The molecule has 1 aromatic heterocycles. The van der Waals surface area contributed by atoms with Crippen LogP contribution in [0.25, 0.3) is 0 Å². The number of hydrogen-bond donors (Lipinski definition) is 1. The molecule has 2 aliphatic carbocycles. The second kappa shape index (κ2) is 5.28. The maximum atomic E-state index is 4.78. The zero-order valence-electron chi connectivity index (χ0n) is 12.4. The molecule has 1 N–H and O–H groups in total. The molecule has 2 aliphatic rings. The van der Waals surface area contributed by atoms with E-state index in [1.54, 1.807) is 0 Å². The Morgan fingerprint density at radius 3 is 2.84 bits per heavy atom. The number of hydrogen-bond acceptors (Lipinski definition) is 2. The fraction of sp³-hybridized carbons (Fsp3) is 0.812. The Morgan fingerprint density at radius 2 is 2.26 bits per heavy atom. The van der Waals surface area contributed by atoms with Crippen molar-refractivity contribution in [3.8, 4) is 0 Å². The monoisotopic (exact) mass is 261 g/mol. The van der Waals surface area contributed by atoms with Gasteiger partial charge in [0.1, 0.15) is 0 Å². The molecule has 3 rings (SSSR count). The van der Waals surface area contributed by atoms with Crippen LogP contribution in [0.15, 0.2) is 12.3 Å². The van der Waals surface area contributed by atoms with Crippen LogP contribution in [-0.2, 0) is 6.42 Å². The maximum absolute atomic E-state index is 4.78. The second-order valence-electron chi connectivity index (χ2n) is 6.73. The fourth-order valence-corrected chi connectivity index (χ4v) is 3.03. The molecule has 0 bridgehead atoms. The quantitative estimate of drug-likeness (QED) is 0.816. The zero-order chi connectivity index (χ0) is 13.3. The molecular formula is C16H27N3. The topological polar surface area (TPSA) is 29.9 Å². The Labute approximate surface area is 116 Å². The summed E-state index contributed by atoms with van der Waals surface area (Å²) in [4.78, 5) is 0. The van der Waals surface area contributed by atoms with Gasteiger partial charge in [-0.2, -0.15) is 5.10 Å². The van der Waals surface area contributed by atoms with Crippen molar-refractivity contribution in [3.63, 3.8) is 0 Å². The lowest BCUT2D eigenvalue weighted by molar-refractivity contribution is 0.127. The van der Waals surface area contributed by atoms with Gasteiger partial charge < -0.3 is 5.32 Å². The van der Waals surface area contributed by atoms with Crippen molar-refractivity contribution < 1.29 is 0 Å². The minimum Gasteiger partial charge on any atom is -0.313 e. The van der Waals surface area contributed by atoms with Crippen molar-refractivity contribution >= 4 is 0 Å². The number of nitrogens with one attached hydrogen (secondary N) is 1. The summed E-state index contributed by atoms with van der Waals surface area (Å²) in [6, 6.07) is 3.58. The van der Waals surface area contributed by atoms with Crippen molar-refractivity contribution in [3.05, 3.63) is 18.0 Å². The van der Waals surface area contributed by atoms with Gasteiger partial charge in [-0.25, -0.2) is 0 Å². The summed E-state index contributed by atoms with van der Waals surface area (Å²) in [6.45, 7) is 5.66. The Morgan fingerprint density at radius 1 is 1.47 bits per heavy atom. The first-order valence-corrected chi connectivity index (χ1v) is 7.98. The number of rotatable bonds is 7. The van der Waals surface area contributed by atoms with Gasteiger partial charge in [-0.1, -0.05) is 13.3 Å². The van der Waals surface area contributed by atoms with E-state index in [9.17, 15) is 0 Å². The molecule has 1 heterocycles. The lowest BCUT2D eigenvalue weighted by atomic mass is 9.66. The van der Waals surface area contributed by atoms with Crippen molar-refractivity contribution in [2.45, 2.75) is 70.9 Å². The van der Waals surface area contributed by atoms with Gasteiger partial charge in [0.05, 0.1) is 5.69 Å². The number of nitrogens with zero attached hydrogens (tertiary/aromatic N) is 2.